The molecule has 3 aromatic carbocycles. The molecule has 15 heteroatoms. The van der Waals surface area contributed by atoms with Crippen LogP contribution in [-0.2, 0) is 14.4 Å². The predicted octanol–water partition coefficient (Wildman–Crippen LogP) is 6.13. The SMILES string of the molecule is Nc1ncnc2c1c(-c1ccc(Oc3ccccc3)cc1)nn2C1CCCN(C(=O)CCCCCCCCNc2cccc3c2C(O)N(C2CCC(=O)NC2=O)C3=O)C1. The summed E-state index contributed by atoms with van der Waals surface area (Å²) in [7, 11) is 0. The molecule has 3 aliphatic rings. The Morgan fingerprint density at radius 3 is 2.46 bits per heavy atom. The van der Waals surface area contributed by atoms with Crippen LogP contribution in [0, 0.1) is 0 Å². The molecule has 0 aliphatic carbocycles. The number of benzene rings is 3. The number of hydrogen-bond acceptors (Lipinski definition) is 11. The molecule has 2 saturated heterocycles. The van der Waals surface area contributed by atoms with Crippen molar-refractivity contribution in [1.29, 1.82) is 0 Å². The van der Waals surface area contributed by atoms with E-state index >= 15 is 0 Å². The van der Waals surface area contributed by atoms with E-state index in [0.717, 1.165) is 69.2 Å². The van der Waals surface area contributed by atoms with E-state index in [-0.39, 0.29) is 30.7 Å². The van der Waals surface area contributed by atoms with Gasteiger partial charge in [-0.2, -0.15) is 5.10 Å². The van der Waals surface area contributed by atoms with Crippen LogP contribution in [0.4, 0.5) is 11.5 Å². The first-order valence-corrected chi connectivity index (χ1v) is 20.6. The van der Waals surface area contributed by atoms with E-state index in [2.05, 4.69) is 20.6 Å². The largest absolute Gasteiger partial charge is 0.457 e. The molecule has 8 rings (SSSR count). The number of para-hydroxylation sites is 1. The van der Waals surface area contributed by atoms with Gasteiger partial charge in [0, 0.05) is 54.9 Å². The Bertz CT molecular complexity index is 2330. The van der Waals surface area contributed by atoms with Crippen molar-refractivity contribution >= 4 is 46.2 Å². The standard InChI is InChI=1S/C44H49N9O6/c45-40-38-39(28-18-20-31(21-19-28)59-30-13-6-5-7-14-30)50-53(41(38)48-27-47-40)29-12-11-25-51(26-29)36(55)17-8-3-1-2-4-9-24-46-33-16-10-15-32-37(33)44(58)52(43(32)57)34-22-23-35(54)49-42(34)56/h5-7,10,13-16,18-21,27,29,34,44,46,58H,1-4,8-9,11-12,17,22-26H2,(H2,45,47,48)(H,49,54,56). The van der Waals surface area contributed by atoms with Crippen LogP contribution >= 0.6 is 0 Å². The maximum atomic E-state index is 13.4. The number of anilines is 2. The first-order valence-electron chi connectivity index (χ1n) is 20.6. The van der Waals surface area contributed by atoms with Gasteiger partial charge in [0.1, 0.15) is 35.4 Å². The molecule has 5 N–H and O–H groups in total. The molecular formula is C44H49N9O6. The number of carbonyl (C=O) groups excluding carboxylic acids is 4. The highest BCUT2D eigenvalue weighted by Crippen LogP contribution is 2.40. The van der Waals surface area contributed by atoms with Crippen molar-refractivity contribution < 1.29 is 29.0 Å². The van der Waals surface area contributed by atoms with Crippen LogP contribution in [0.2, 0.25) is 0 Å². The molecule has 59 heavy (non-hydrogen) atoms. The van der Waals surface area contributed by atoms with Gasteiger partial charge in [0.25, 0.3) is 5.91 Å². The summed E-state index contributed by atoms with van der Waals surface area (Å²) in [6, 6.07) is 21.6. The number of ether oxygens (including phenoxy) is 1. The minimum absolute atomic E-state index is 0.0440. The molecule has 3 aliphatic heterocycles. The third-order valence-electron chi connectivity index (χ3n) is 11.5. The highest BCUT2D eigenvalue weighted by molar-refractivity contribution is 6.06. The topological polar surface area (TPSA) is 198 Å². The number of nitrogens with zero attached hydrogens (tertiary/aromatic N) is 6. The lowest BCUT2D eigenvalue weighted by Gasteiger charge is -2.33. The number of fused-ring (bicyclic) bond motifs is 2. The van der Waals surface area contributed by atoms with Crippen molar-refractivity contribution in [2.45, 2.75) is 88.9 Å². The maximum Gasteiger partial charge on any atom is 0.257 e. The smallest absolute Gasteiger partial charge is 0.257 e. The number of likely N-dealkylation sites (tertiary alicyclic amines) is 1. The van der Waals surface area contributed by atoms with Gasteiger partial charge in [-0.15, -0.1) is 0 Å². The lowest BCUT2D eigenvalue weighted by molar-refractivity contribution is -0.139. The second kappa shape index (κ2) is 17.6. The quantitative estimate of drug-likeness (QED) is 0.0703. The van der Waals surface area contributed by atoms with E-state index in [9.17, 15) is 24.3 Å². The van der Waals surface area contributed by atoms with Crippen molar-refractivity contribution in [3.05, 3.63) is 90.3 Å². The highest BCUT2D eigenvalue weighted by Gasteiger charge is 2.45. The molecule has 306 valence electrons. The molecule has 0 spiro atoms. The van der Waals surface area contributed by atoms with E-state index in [0.29, 0.717) is 64.6 Å². The molecule has 5 aromatic rings. The molecule has 3 atom stereocenters. The Balaban J connectivity index is 0.784. The van der Waals surface area contributed by atoms with Crippen molar-refractivity contribution in [3.63, 3.8) is 0 Å². The molecule has 2 aromatic heterocycles. The fourth-order valence-corrected chi connectivity index (χ4v) is 8.46. The maximum absolute atomic E-state index is 13.4. The van der Waals surface area contributed by atoms with Crippen molar-refractivity contribution in [1.82, 2.24) is 34.9 Å². The number of aromatic nitrogens is 4. The Morgan fingerprint density at radius 1 is 0.898 bits per heavy atom. The van der Waals surface area contributed by atoms with E-state index in [4.69, 9.17) is 15.6 Å². The Labute approximate surface area is 341 Å². The molecule has 0 saturated carbocycles. The van der Waals surface area contributed by atoms with Crippen LogP contribution < -0.4 is 21.1 Å². The van der Waals surface area contributed by atoms with Gasteiger partial charge in [-0.05, 0) is 80.6 Å². The minimum Gasteiger partial charge on any atom is -0.457 e. The molecular weight excluding hydrogens is 751 g/mol. The molecule has 15 nitrogen and oxygen atoms in total. The number of rotatable bonds is 15. The number of nitrogens with one attached hydrogen (secondary N) is 2. The third kappa shape index (κ3) is 8.46. The summed E-state index contributed by atoms with van der Waals surface area (Å²) in [5.41, 5.74) is 10.1. The van der Waals surface area contributed by atoms with E-state index in [1.54, 1.807) is 12.1 Å². The van der Waals surface area contributed by atoms with Gasteiger partial charge in [0.15, 0.2) is 11.9 Å². The third-order valence-corrected chi connectivity index (χ3v) is 11.5. The zero-order valence-corrected chi connectivity index (χ0v) is 32.9. The Hall–Kier alpha value is -6.35. The molecule has 3 unspecified atom stereocenters. The monoisotopic (exact) mass is 799 g/mol. The second-order valence-corrected chi connectivity index (χ2v) is 15.4. The summed E-state index contributed by atoms with van der Waals surface area (Å²) in [4.78, 5) is 62.7. The second-order valence-electron chi connectivity index (χ2n) is 15.4. The summed E-state index contributed by atoms with van der Waals surface area (Å²) < 4.78 is 7.91. The summed E-state index contributed by atoms with van der Waals surface area (Å²) in [6.07, 6.45) is 8.45. The summed E-state index contributed by atoms with van der Waals surface area (Å²) >= 11 is 0. The number of amides is 4. The average Bonchev–Trinajstić information content (AvgIpc) is 3.76. The van der Waals surface area contributed by atoms with E-state index < -0.39 is 24.1 Å². The first kappa shape index (κ1) is 39.5. The Kier molecular flexibility index (Phi) is 11.8. The number of aliphatic hydroxyl groups excluding tert-OH is 1. The van der Waals surface area contributed by atoms with E-state index in [1.165, 1.54) is 11.2 Å². The first-order chi connectivity index (χ1) is 28.8. The lowest BCUT2D eigenvalue weighted by atomic mass is 10.0. The van der Waals surface area contributed by atoms with Gasteiger partial charge < -0.3 is 25.8 Å². The normalized spacial score (nSPS) is 19.2. The number of imide groups is 1. The number of nitrogen functional groups attached to an aromatic ring is 1. The van der Waals surface area contributed by atoms with Crippen LogP contribution in [0.3, 0.4) is 0 Å². The zero-order chi connectivity index (χ0) is 40.9. The molecule has 5 heterocycles. The van der Waals surface area contributed by atoms with Crippen LogP contribution in [-0.4, -0.2) is 84.0 Å². The van der Waals surface area contributed by atoms with Crippen molar-refractivity contribution in [2.75, 3.05) is 30.7 Å². The highest BCUT2D eigenvalue weighted by atomic mass is 16.5. The summed E-state index contributed by atoms with van der Waals surface area (Å²) in [5.74, 6) is 0.624. The summed E-state index contributed by atoms with van der Waals surface area (Å²) in [5, 5.41) is 22.5. The average molecular weight is 800 g/mol. The Morgan fingerprint density at radius 2 is 1.66 bits per heavy atom. The van der Waals surface area contributed by atoms with Gasteiger partial charge in [0.05, 0.1) is 11.4 Å². The number of piperidine rings is 2. The molecule has 2 fully saturated rings. The van der Waals surface area contributed by atoms with Gasteiger partial charge in [-0.1, -0.05) is 49.9 Å². The minimum atomic E-state index is -1.27. The number of nitrogens with two attached hydrogens (primary N) is 1. The molecule has 4 amide bonds. The molecule has 0 bridgehead atoms. The van der Waals surface area contributed by atoms with Crippen molar-refractivity contribution in [3.8, 4) is 22.8 Å². The van der Waals surface area contributed by atoms with Gasteiger partial charge in [-0.3, -0.25) is 29.4 Å². The van der Waals surface area contributed by atoms with Crippen LogP contribution in [0.1, 0.15) is 98.8 Å². The lowest BCUT2D eigenvalue weighted by Crippen LogP contribution is -2.53. The summed E-state index contributed by atoms with van der Waals surface area (Å²) in [6.45, 7) is 1.94. The van der Waals surface area contributed by atoms with Gasteiger partial charge >= 0.3 is 0 Å². The van der Waals surface area contributed by atoms with Crippen LogP contribution in [0.15, 0.2) is 79.1 Å². The van der Waals surface area contributed by atoms with Gasteiger partial charge in [0.2, 0.25) is 17.7 Å². The zero-order valence-electron chi connectivity index (χ0n) is 32.9. The molecule has 0 radical (unpaired) electrons. The number of carbonyl (C=O) groups is 4. The van der Waals surface area contributed by atoms with E-state index in [1.807, 2.05) is 70.2 Å². The fraction of sp³-hybridized carbons (Fsp3) is 0.386. The fourth-order valence-electron chi connectivity index (χ4n) is 8.46. The van der Waals surface area contributed by atoms with Crippen molar-refractivity contribution in [2.24, 2.45) is 0 Å². The van der Waals surface area contributed by atoms with Gasteiger partial charge in [-0.25, -0.2) is 14.6 Å². The van der Waals surface area contributed by atoms with Crippen LogP contribution in [0.25, 0.3) is 22.3 Å². The predicted molar refractivity (Wildman–Crippen MR) is 221 cm³/mol. The number of unbranched alkanes of at least 4 members (excludes halogenated alkanes) is 5. The number of aliphatic hydroxyl groups is 1. The number of hydrogen-bond donors (Lipinski definition) is 4. The van der Waals surface area contributed by atoms with Crippen LogP contribution in [0.5, 0.6) is 11.5 Å².